The molecule has 0 saturated heterocycles. The summed E-state index contributed by atoms with van der Waals surface area (Å²) >= 11 is 5.74. The largest absolute Gasteiger partial charge is 0.489 e. The third-order valence-electron chi connectivity index (χ3n) is 3.52. The summed E-state index contributed by atoms with van der Waals surface area (Å²) in [4.78, 5) is 0. The first-order valence-electron chi connectivity index (χ1n) is 7.10. The van der Waals surface area contributed by atoms with Gasteiger partial charge in [-0.2, -0.15) is 0 Å². The molecule has 1 saturated carbocycles. The lowest BCUT2D eigenvalue weighted by atomic mass is 10.2. The fourth-order valence-electron chi connectivity index (χ4n) is 2.07. The van der Waals surface area contributed by atoms with Crippen molar-refractivity contribution in [2.75, 3.05) is 0 Å². The van der Waals surface area contributed by atoms with Crippen LogP contribution in [0.25, 0.3) is 0 Å². The normalized spacial score (nSPS) is 14.2. The summed E-state index contributed by atoms with van der Waals surface area (Å²) in [6.07, 6.45) is 2.57. The molecule has 0 aliphatic heterocycles. The van der Waals surface area contributed by atoms with E-state index in [-0.39, 0.29) is 11.6 Å². The van der Waals surface area contributed by atoms with Gasteiger partial charge in [0.15, 0.2) is 0 Å². The molecule has 2 aromatic rings. The molecule has 0 spiro atoms. The second kappa shape index (κ2) is 6.46. The van der Waals surface area contributed by atoms with Crippen LogP contribution in [0.15, 0.2) is 42.5 Å². The van der Waals surface area contributed by atoms with Crippen molar-refractivity contribution >= 4 is 11.6 Å². The summed E-state index contributed by atoms with van der Waals surface area (Å²) < 4.78 is 19.3. The minimum absolute atomic E-state index is 0.123. The van der Waals surface area contributed by atoms with Gasteiger partial charge < -0.3 is 10.1 Å². The molecular weight excluding hydrogens is 289 g/mol. The van der Waals surface area contributed by atoms with Crippen molar-refractivity contribution in [1.82, 2.24) is 5.32 Å². The highest BCUT2D eigenvalue weighted by Gasteiger charge is 2.19. The van der Waals surface area contributed by atoms with Crippen molar-refractivity contribution in [3.8, 4) is 5.75 Å². The van der Waals surface area contributed by atoms with Crippen LogP contribution in [-0.2, 0) is 13.2 Å². The van der Waals surface area contributed by atoms with E-state index in [2.05, 4.69) is 5.32 Å². The minimum Gasteiger partial charge on any atom is -0.489 e. The van der Waals surface area contributed by atoms with Crippen molar-refractivity contribution in [3.05, 3.63) is 64.4 Å². The maximum absolute atomic E-state index is 13.7. The zero-order chi connectivity index (χ0) is 14.7. The van der Waals surface area contributed by atoms with Crippen molar-refractivity contribution in [1.29, 1.82) is 0 Å². The van der Waals surface area contributed by atoms with Gasteiger partial charge in [0.2, 0.25) is 0 Å². The van der Waals surface area contributed by atoms with E-state index in [0.29, 0.717) is 11.6 Å². The first-order chi connectivity index (χ1) is 10.2. The number of hydrogen-bond donors (Lipinski definition) is 1. The topological polar surface area (TPSA) is 21.3 Å². The highest BCUT2D eigenvalue weighted by atomic mass is 35.5. The summed E-state index contributed by atoms with van der Waals surface area (Å²) in [5.41, 5.74) is 1.69. The van der Waals surface area contributed by atoms with Crippen molar-refractivity contribution in [3.63, 3.8) is 0 Å². The molecule has 0 amide bonds. The molecule has 1 aliphatic carbocycles. The molecule has 0 bridgehead atoms. The van der Waals surface area contributed by atoms with Gasteiger partial charge in [-0.3, -0.25) is 0 Å². The molecular formula is C17H17ClFNO. The van der Waals surface area contributed by atoms with E-state index in [9.17, 15) is 4.39 Å². The number of nitrogens with one attached hydrogen (secondary N) is 1. The molecule has 0 unspecified atom stereocenters. The van der Waals surface area contributed by atoms with Crippen LogP contribution < -0.4 is 10.1 Å². The van der Waals surface area contributed by atoms with Gasteiger partial charge >= 0.3 is 0 Å². The molecule has 110 valence electrons. The molecule has 1 aliphatic rings. The lowest BCUT2D eigenvalue weighted by molar-refractivity contribution is 0.300. The average Bonchev–Trinajstić information content (AvgIpc) is 3.32. The van der Waals surface area contributed by atoms with Gasteiger partial charge in [-0.1, -0.05) is 35.9 Å². The fraction of sp³-hybridized carbons (Fsp3) is 0.294. The van der Waals surface area contributed by atoms with E-state index in [1.165, 1.54) is 24.5 Å². The standard InChI is InChI=1S/C17H17ClFNO/c18-16-3-1-2-13(17(16)19)11-21-15-8-4-12(5-9-15)10-20-14-6-7-14/h1-5,8-9,14,20H,6-7,10-11H2. The van der Waals surface area contributed by atoms with Crippen LogP contribution in [0.1, 0.15) is 24.0 Å². The molecule has 1 N–H and O–H groups in total. The predicted octanol–water partition coefficient (Wildman–Crippen LogP) is 4.31. The Bertz CT molecular complexity index is 611. The van der Waals surface area contributed by atoms with E-state index in [1.807, 2.05) is 24.3 Å². The summed E-state index contributed by atoms with van der Waals surface area (Å²) in [6, 6.07) is 13.5. The van der Waals surface area contributed by atoms with Crippen LogP contribution in [0.4, 0.5) is 4.39 Å². The number of rotatable bonds is 6. The number of hydrogen-bond acceptors (Lipinski definition) is 2. The van der Waals surface area contributed by atoms with E-state index in [1.54, 1.807) is 12.1 Å². The van der Waals surface area contributed by atoms with Gasteiger partial charge in [0.05, 0.1) is 5.02 Å². The van der Waals surface area contributed by atoms with E-state index < -0.39 is 5.82 Å². The lowest BCUT2D eigenvalue weighted by Gasteiger charge is -2.09. The second-order valence-corrected chi connectivity index (χ2v) is 5.71. The fourth-order valence-corrected chi connectivity index (χ4v) is 2.27. The molecule has 2 nitrogen and oxygen atoms in total. The van der Waals surface area contributed by atoms with Gasteiger partial charge in [-0.15, -0.1) is 0 Å². The van der Waals surface area contributed by atoms with Crippen molar-refractivity contribution in [2.45, 2.75) is 32.0 Å². The Labute approximate surface area is 128 Å². The lowest BCUT2D eigenvalue weighted by Crippen LogP contribution is -2.15. The maximum atomic E-state index is 13.7. The Hall–Kier alpha value is -1.58. The molecule has 0 atom stereocenters. The first kappa shape index (κ1) is 14.4. The zero-order valence-corrected chi connectivity index (χ0v) is 12.4. The maximum Gasteiger partial charge on any atom is 0.148 e. The number of benzene rings is 2. The van der Waals surface area contributed by atoms with Gasteiger partial charge in [-0.05, 0) is 36.6 Å². The predicted molar refractivity (Wildman–Crippen MR) is 82.0 cm³/mol. The van der Waals surface area contributed by atoms with Crippen LogP contribution in [-0.4, -0.2) is 6.04 Å². The second-order valence-electron chi connectivity index (χ2n) is 5.30. The highest BCUT2D eigenvalue weighted by molar-refractivity contribution is 6.30. The third-order valence-corrected chi connectivity index (χ3v) is 3.81. The van der Waals surface area contributed by atoms with Crippen LogP contribution in [0.2, 0.25) is 5.02 Å². The molecule has 4 heteroatoms. The Kier molecular flexibility index (Phi) is 4.42. The molecule has 0 radical (unpaired) electrons. The van der Waals surface area contributed by atoms with Gasteiger partial charge in [0, 0.05) is 18.2 Å². The zero-order valence-electron chi connectivity index (χ0n) is 11.6. The number of halogens is 2. The van der Waals surface area contributed by atoms with E-state index in [4.69, 9.17) is 16.3 Å². The molecule has 1 fully saturated rings. The average molecular weight is 306 g/mol. The molecule has 0 heterocycles. The van der Waals surface area contributed by atoms with E-state index in [0.717, 1.165) is 12.3 Å². The molecule has 3 rings (SSSR count). The SMILES string of the molecule is Fc1c(Cl)cccc1COc1ccc(CNC2CC2)cc1. The Morgan fingerprint density at radius 3 is 2.62 bits per heavy atom. The third kappa shape index (κ3) is 3.96. The summed E-state index contributed by atoms with van der Waals surface area (Å²) in [6.45, 7) is 1.06. The van der Waals surface area contributed by atoms with Crippen LogP contribution in [0.3, 0.4) is 0 Å². The van der Waals surface area contributed by atoms with E-state index >= 15 is 0 Å². The first-order valence-corrected chi connectivity index (χ1v) is 7.48. The highest BCUT2D eigenvalue weighted by Crippen LogP contribution is 2.21. The van der Waals surface area contributed by atoms with Crippen LogP contribution >= 0.6 is 11.6 Å². The number of ether oxygens (including phenoxy) is 1. The Morgan fingerprint density at radius 1 is 1.14 bits per heavy atom. The molecule has 0 aromatic heterocycles. The molecule has 2 aromatic carbocycles. The summed E-state index contributed by atoms with van der Waals surface area (Å²) in [7, 11) is 0. The Balaban J connectivity index is 1.56. The van der Waals surface area contributed by atoms with Crippen LogP contribution in [0.5, 0.6) is 5.75 Å². The molecule has 21 heavy (non-hydrogen) atoms. The van der Waals surface area contributed by atoms with Crippen LogP contribution in [0, 0.1) is 5.82 Å². The summed E-state index contributed by atoms with van der Waals surface area (Å²) in [5.74, 6) is 0.314. The van der Waals surface area contributed by atoms with Crippen molar-refractivity contribution in [2.24, 2.45) is 0 Å². The van der Waals surface area contributed by atoms with Gasteiger partial charge in [0.25, 0.3) is 0 Å². The minimum atomic E-state index is -0.413. The quantitative estimate of drug-likeness (QED) is 0.858. The Morgan fingerprint density at radius 2 is 1.90 bits per heavy atom. The van der Waals surface area contributed by atoms with Crippen molar-refractivity contribution < 1.29 is 9.13 Å². The summed E-state index contributed by atoms with van der Waals surface area (Å²) in [5, 5.41) is 3.58. The monoisotopic (exact) mass is 305 g/mol. The van der Waals surface area contributed by atoms with Gasteiger partial charge in [-0.25, -0.2) is 4.39 Å². The smallest absolute Gasteiger partial charge is 0.148 e. The van der Waals surface area contributed by atoms with Gasteiger partial charge in [0.1, 0.15) is 18.2 Å².